The highest BCUT2D eigenvalue weighted by atomic mass is 35.5. The molecule has 1 atom stereocenters. The van der Waals surface area contributed by atoms with E-state index in [1.807, 2.05) is 4.90 Å². The van der Waals surface area contributed by atoms with Gasteiger partial charge in [0.1, 0.15) is 11.5 Å². The molecule has 1 saturated heterocycles. The van der Waals surface area contributed by atoms with Crippen LogP contribution in [0.25, 0.3) is 0 Å². The van der Waals surface area contributed by atoms with Crippen LogP contribution in [-0.4, -0.2) is 41.5 Å². The van der Waals surface area contributed by atoms with Crippen LogP contribution in [0.15, 0.2) is 18.2 Å². The molecule has 1 heterocycles. The van der Waals surface area contributed by atoms with Crippen molar-refractivity contribution in [2.75, 3.05) is 19.5 Å². The lowest BCUT2D eigenvalue weighted by Gasteiger charge is -2.25. The van der Waals surface area contributed by atoms with Gasteiger partial charge in [0.2, 0.25) is 0 Å². The Hall–Kier alpha value is -1.42. The van der Waals surface area contributed by atoms with E-state index in [1.165, 1.54) is 13.2 Å². The van der Waals surface area contributed by atoms with Crippen LogP contribution in [0.5, 0.6) is 11.5 Å². The lowest BCUT2D eigenvalue weighted by molar-refractivity contribution is 0.0727. The molecule has 4 nitrogen and oxygen atoms in total. The molecule has 1 aromatic carbocycles. The number of amides is 1. The minimum Gasteiger partial charge on any atom is -0.507 e. The number of likely N-dealkylation sites (tertiary alicyclic amines) is 1. The van der Waals surface area contributed by atoms with Crippen LogP contribution in [0.1, 0.15) is 36.0 Å². The van der Waals surface area contributed by atoms with Crippen molar-refractivity contribution in [1.82, 2.24) is 4.90 Å². The van der Waals surface area contributed by atoms with E-state index in [9.17, 15) is 9.90 Å². The van der Waals surface area contributed by atoms with E-state index >= 15 is 0 Å². The van der Waals surface area contributed by atoms with Crippen LogP contribution in [0.2, 0.25) is 0 Å². The van der Waals surface area contributed by atoms with Gasteiger partial charge in [0.25, 0.3) is 5.91 Å². The first-order valence-electron chi connectivity index (χ1n) is 6.91. The molecule has 1 fully saturated rings. The molecule has 2 rings (SSSR count). The average molecular weight is 298 g/mol. The number of ether oxygens (including phenoxy) is 1. The summed E-state index contributed by atoms with van der Waals surface area (Å²) in [6.45, 7) is 0.747. The number of hydrogen-bond acceptors (Lipinski definition) is 3. The number of hydrogen-bond donors (Lipinski definition) is 1. The van der Waals surface area contributed by atoms with Crippen molar-refractivity contribution in [1.29, 1.82) is 0 Å². The van der Waals surface area contributed by atoms with Crippen LogP contribution < -0.4 is 4.74 Å². The number of alkyl halides is 1. The highest BCUT2D eigenvalue weighted by Crippen LogP contribution is 2.29. The SMILES string of the molecule is COc1ccc(C(=O)N2CCCC2CCCCl)c(O)c1. The van der Waals surface area contributed by atoms with Gasteiger partial charge in [-0.3, -0.25) is 4.79 Å². The Labute approximate surface area is 124 Å². The number of aromatic hydroxyl groups is 1. The number of rotatable bonds is 5. The summed E-state index contributed by atoms with van der Waals surface area (Å²) in [4.78, 5) is 14.4. The smallest absolute Gasteiger partial charge is 0.257 e. The Bertz CT molecular complexity index is 478. The highest BCUT2D eigenvalue weighted by Gasteiger charge is 2.30. The second-order valence-corrected chi connectivity index (χ2v) is 5.39. The lowest BCUT2D eigenvalue weighted by Crippen LogP contribution is -2.35. The van der Waals surface area contributed by atoms with Crippen LogP contribution in [0, 0.1) is 0 Å². The van der Waals surface area contributed by atoms with Crippen molar-refractivity contribution in [3.8, 4) is 11.5 Å². The summed E-state index contributed by atoms with van der Waals surface area (Å²) in [6.07, 6.45) is 3.85. The molecule has 0 bridgehead atoms. The number of phenolic OH excluding ortho intramolecular Hbond substituents is 1. The van der Waals surface area contributed by atoms with Crippen molar-refractivity contribution in [2.24, 2.45) is 0 Å². The van der Waals surface area contributed by atoms with Gasteiger partial charge in [-0.25, -0.2) is 0 Å². The number of phenols is 1. The molecule has 5 heteroatoms. The molecule has 1 aromatic rings. The zero-order valence-corrected chi connectivity index (χ0v) is 12.4. The molecule has 1 unspecified atom stereocenters. The van der Waals surface area contributed by atoms with Gasteiger partial charge in [0.05, 0.1) is 12.7 Å². The largest absolute Gasteiger partial charge is 0.507 e. The second kappa shape index (κ2) is 6.84. The summed E-state index contributed by atoms with van der Waals surface area (Å²) in [7, 11) is 1.53. The summed E-state index contributed by atoms with van der Waals surface area (Å²) in [5.74, 6) is 1.02. The fourth-order valence-electron chi connectivity index (χ4n) is 2.69. The first kappa shape index (κ1) is 15.0. The topological polar surface area (TPSA) is 49.8 Å². The van der Waals surface area contributed by atoms with Crippen LogP contribution >= 0.6 is 11.6 Å². The third-order valence-electron chi connectivity index (χ3n) is 3.74. The number of halogens is 1. The Morgan fingerprint density at radius 2 is 2.35 bits per heavy atom. The minimum atomic E-state index is -0.109. The van der Waals surface area contributed by atoms with Crippen molar-refractivity contribution < 1.29 is 14.6 Å². The molecular formula is C15H20ClNO3. The van der Waals surface area contributed by atoms with Gasteiger partial charge < -0.3 is 14.7 Å². The molecular weight excluding hydrogens is 278 g/mol. The first-order valence-corrected chi connectivity index (χ1v) is 7.44. The Kier molecular flexibility index (Phi) is 5.12. The minimum absolute atomic E-state index is 0.0302. The number of nitrogens with zero attached hydrogens (tertiary/aromatic N) is 1. The van der Waals surface area contributed by atoms with Crippen LogP contribution in [-0.2, 0) is 0 Å². The second-order valence-electron chi connectivity index (χ2n) is 5.01. The molecule has 0 aliphatic carbocycles. The van der Waals surface area contributed by atoms with E-state index < -0.39 is 0 Å². The summed E-state index contributed by atoms with van der Waals surface area (Å²) in [5.41, 5.74) is 0.337. The molecule has 0 saturated carbocycles. The maximum absolute atomic E-state index is 12.5. The molecule has 1 N–H and O–H groups in total. The third-order valence-corrected chi connectivity index (χ3v) is 4.01. The zero-order chi connectivity index (χ0) is 14.5. The molecule has 0 radical (unpaired) electrons. The van der Waals surface area contributed by atoms with Gasteiger partial charge in [0.15, 0.2) is 0 Å². The normalized spacial score (nSPS) is 18.3. The standard InChI is InChI=1S/C15H20ClNO3/c1-20-12-6-7-13(14(18)10-12)15(19)17-9-3-5-11(17)4-2-8-16/h6-7,10-11,18H,2-5,8-9H2,1H3. The van der Waals surface area contributed by atoms with Gasteiger partial charge >= 0.3 is 0 Å². The third kappa shape index (κ3) is 3.18. The fourth-order valence-corrected chi connectivity index (χ4v) is 2.84. The Morgan fingerprint density at radius 1 is 1.55 bits per heavy atom. The van der Waals surface area contributed by atoms with Crippen molar-refractivity contribution >= 4 is 17.5 Å². The van der Waals surface area contributed by atoms with E-state index in [-0.39, 0.29) is 17.7 Å². The summed E-state index contributed by atoms with van der Waals surface area (Å²) < 4.78 is 5.03. The van der Waals surface area contributed by atoms with Gasteiger partial charge in [-0.1, -0.05) is 0 Å². The highest BCUT2D eigenvalue weighted by molar-refractivity contribution is 6.17. The summed E-state index contributed by atoms with van der Waals surface area (Å²) >= 11 is 5.73. The quantitative estimate of drug-likeness (QED) is 0.850. The Balaban J connectivity index is 2.13. The molecule has 110 valence electrons. The van der Waals surface area contributed by atoms with E-state index in [1.54, 1.807) is 12.1 Å². The Morgan fingerprint density at radius 3 is 3.00 bits per heavy atom. The predicted molar refractivity (Wildman–Crippen MR) is 78.7 cm³/mol. The van der Waals surface area contributed by atoms with E-state index in [0.29, 0.717) is 17.2 Å². The molecule has 1 aliphatic heterocycles. The van der Waals surface area contributed by atoms with E-state index in [0.717, 1.165) is 32.2 Å². The molecule has 20 heavy (non-hydrogen) atoms. The predicted octanol–water partition coefficient (Wildman–Crippen LogP) is 3.02. The van der Waals surface area contributed by atoms with Gasteiger partial charge in [-0.15, -0.1) is 11.6 Å². The zero-order valence-electron chi connectivity index (χ0n) is 11.6. The maximum Gasteiger partial charge on any atom is 0.257 e. The van der Waals surface area contributed by atoms with Crippen LogP contribution in [0.4, 0.5) is 0 Å². The van der Waals surface area contributed by atoms with Crippen molar-refractivity contribution in [3.05, 3.63) is 23.8 Å². The number of carbonyl (C=O) groups is 1. The molecule has 0 spiro atoms. The van der Waals surface area contributed by atoms with Gasteiger partial charge in [-0.05, 0) is 37.8 Å². The number of methoxy groups -OCH3 is 1. The van der Waals surface area contributed by atoms with Gasteiger partial charge in [-0.2, -0.15) is 0 Å². The summed E-state index contributed by atoms with van der Waals surface area (Å²) in [5, 5.41) is 9.97. The van der Waals surface area contributed by atoms with E-state index in [2.05, 4.69) is 0 Å². The van der Waals surface area contributed by atoms with E-state index in [4.69, 9.17) is 16.3 Å². The van der Waals surface area contributed by atoms with Crippen molar-refractivity contribution in [2.45, 2.75) is 31.7 Å². The van der Waals surface area contributed by atoms with Crippen LogP contribution in [0.3, 0.4) is 0 Å². The summed E-state index contributed by atoms with van der Waals surface area (Å²) in [6, 6.07) is 5.02. The lowest BCUT2D eigenvalue weighted by atomic mass is 10.1. The van der Waals surface area contributed by atoms with Gasteiger partial charge in [0, 0.05) is 24.5 Å². The number of carbonyl (C=O) groups excluding carboxylic acids is 1. The molecule has 0 aromatic heterocycles. The average Bonchev–Trinajstić information content (AvgIpc) is 2.92. The number of benzene rings is 1. The monoisotopic (exact) mass is 297 g/mol. The first-order chi connectivity index (χ1) is 9.67. The maximum atomic E-state index is 12.5. The fraction of sp³-hybridized carbons (Fsp3) is 0.533. The molecule has 1 amide bonds. The molecule has 1 aliphatic rings. The van der Waals surface area contributed by atoms with Crippen molar-refractivity contribution in [3.63, 3.8) is 0 Å².